The summed E-state index contributed by atoms with van der Waals surface area (Å²) in [7, 11) is 0. The molecule has 0 spiro atoms. The lowest BCUT2D eigenvalue weighted by Crippen LogP contribution is -2.16. The number of aromatic nitrogens is 1. The molecular weight excluding hydrogens is 390 g/mol. The molecule has 6 nitrogen and oxygen atoms in total. The third-order valence-electron chi connectivity index (χ3n) is 4.67. The average molecular weight is 410 g/mol. The molecule has 1 aliphatic rings. The van der Waals surface area contributed by atoms with Gasteiger partial charge in [-0.3, -0.25) is 9.59 Å². The lowest BCUT2D eigenvalue weighted by atomic mass is 10.0. The molecule has 3 N–H and O–H groups in total. The Morgan fingerprint density at radius 2 is 1.97 bits per heavy atom. The van der Waals surface area contributed by atoms with Gasteiger partial charge < -0.3 is 20.4 Å². The molecular formula is C22H20ClN3O3. The van der Waals surface area contributed by atoms with Crippen LogP contribution in [0.1, 0.15) is 37.5 Å². The van der Waals surface area contributed by atoms with Gasteiger partial charge in [-0.2, -0.15) is 0 Å². The van der Waals surface area contributed by atoms with Crippen molar-refractivity contribution < 1.29 is 14.3 Å². The fourth-order valence-corrected chi connectivity index (χ4v) is 3.55. The monoisotopic (exact) mass is 409 g/mol. The Morgan fingerprint density at radius 3 is 2.79 bits per heavy atom. The standard InChI is InChI=1S/C22H20ClN3O3/c1-13-6-15(8-17(23)7-13)21(27)16-9-19(25-12-16)22(28)26-18-3-2-14-11-24-4-5-29-20(14)10-18/h2-3,6-10,12,24-25H,4-5,11H2,1H3,(H,26,28). The van der Waals surface area contributed by atoms with Gasteiger partial charge >= 0.3 is 0 Å². The molecule has 0 atom stereocenters. The van der Waals surface area contributed by atoms with E-state index in [0.717, 1.165) is 30.0 Å². The van der Waals surface area contributed by atoms with Gasteiger partial charge in [0.15, 0.2) is 5.78 Å². The van der Waals surface area contributed by atoms with E-state index in [4.69, 9.17) is 16.3 Å². The van der Waals surface area contributed by atoms with Gasteiger partial charge in [0, 0.05) is 52.8 Å². The molecule has 29 heavy (non-hydrogen) atoms. The van der Waals surface area contributed by atoms with Crippen molar-refractivity contribution in [2.24, 2.45) is 0 Å². The Bertz CT molecular complexity index is 1070. The van der Waals surface area contributed by atoms with E-state index in [1.807, 2.05) is 25.1 Å². The first-order chi connectivity index (χ1) is 14.0. The third kappa shape index (κ3) is 4.34. The Kier molecular flexibility index (Phi) is 5.38. The predicted molar refractivity (Wildman–Crippen MR) is 112 cm³/mol. The summed E-state index contributed by atoms with van der Waals surface area (Å²) < 4.78 is 5.70. The summed E-state index contributed by atoms with van der Waals surface area (Å²) in [6.07, 6.45) is 1.53. The fourth-order valence-electron chi connectivity index (χ4n) is 3.26. The van der Waals surface area contributed by atoms with Crippen LogP contribution in [0.3, 0.4) is 0 Å². The Hall–Kier alpha value is -3.09. The van der Waals surface area contributed by atoms with E-state index in [2.05, 4.69) is 15.6 Å². The number of nitrogens with one attached hydrogen (secondary N) is 3. The molecule has 1 aliphatic heterocycles. The molecule has 1 aromatic heterocycles. The zero-order chi connectivity index (χ0) is 20.4. The largest absolute Gasteiger partial charge is 0.492 e. The maximum Gasteiger partial charge on any atom is 0.272 e. The van der Waals surface area contributed by atoms with Crippen LogP contribution in [-0.2, 0) is 6.54 Å². The number of carbonyl (C=O) groups excluding carboxylic acids is 2. The Labute approximate surface area is 173 Å². The number of benzene rings is 2. The molecule has 1 amide bonds. The van der Waals surface area contributed by atoms with Gasteiger partial charge in [-0.05, 0) is 42.8 Å². The summed E-state index contributed by atoms with van der Waals surface area (Å²) in [5.41, 5.74) is 3.75. The highest BCUT2D eigenvalue weighted by Gasteiger charge is 2.16. The summed E-state index contributed by atoms with van der Waals surface area (Å²) >= 11 is 6.05. The van der Waals surface area contributed by atoms with Gasteiger partial charge in [-0.1, -0.05) is 17.7 Å². The van der Waals surface area contributed by atoms with E-state index in [9.17, 15) is 9.59 Å². The van der Waals surface area contributed by atoms with E-state index < -0.39 is 0 Å². The number of ketones is 1. The van der Waals surface area contributed by atoms with Crippen LogP contribution in [0.25, 0.3) is 0 Å². The van der Waals surface area contributed by atoms with Crippen molar-refractivity contribution >= 4 is 29.0 Å². The van der Waals surface area contributed by atoms with Crippen molar-refractivity contribution in [3.05, 3.63) is 81.6 Å². The number of halogens is 1. The van der Waals surface area contributed by atoms with Crippen LogP contribution in [0, 0.1) is 6.92 Å². The highest BCUT2D eigenvalue weighted by molar-refractivity contribution is 6.31. The third-order valence-corrected chi connectivity index (χ3v) is 4.89. The first-order valence-corrected chi connectivity index (χ1v) is 9.65. The smallest absolute Gasteiger partial charge is 0.272 e. The number of hydrogen-bond acceptors (Lipinski definition) is 4. The molecule has 0 bridgehead atoms. The predicted octanol–water partition coefficient (Wildman–Crippen LogP) is 3.94. The molecule has 2 heterocycles. The van der Waals surface area contributed by atoms with E-state index >= 15 is 0 Å². The molecule has 0 fully saturated rings. The number of aryl methyl sites for hydroxylation is 1. The minimum absolute atomic E-state index is 0.197. The van der Waals surface area contributed by atoms with E-state index in [0.29, 0.717) is 34.1 Å². The quantitative estimate of drug-likeness (QED) is 0.570. The van der Waals surface area contributed by atoms with Crippen molar-refractivity contribution in [3.63, 3.8) is 0 Å². The molecule has 3 aromatic rings. The van der Waals surface area contributed by atoms with Crippen LogP contribution < -0.4 is 15.4 Å². The molecule has 4 rings (SSSR count). The molecule has 0 saturated heterocycles. The summed E-state index contributed by atoms with van der Waals surface area (Å²) in [6.45, 7) is 3.96. The van der Waals surface area contributed by atoms with Gasteiger partial charge in [-0.25, -0.2) is 0 Å². The summed E-state index contributed by atoms with van der Waals surface area (Å²) in [5.74, 6) is 0.223. The summed E-state index contributed by atoms with van der Waals surface area (Å²) in [6, 6.07) is 12.3. The number of carbonyl (C=O) groups is 2. The lowest BCUT2D eigenvalue weighted by Gasteiger charge is -2.10. The molecule has 0 unspecified atom stereocenters. The van der Waals surface area contributed by atoms with Crippen molar-refractivity contribution in [1.29, 1.82) is 0 Å². The van der Waals surface area contributed by atoms with Crippen LogP contribution in [0.15, 0.2) is 48.7 Å². The normalized spacial score (nSPS) is 13.2. The number of H-pyrrole nitrogens is 1. The van der Waals surface area contributed by atoms with Gasteiger partial charge in [0.2, 0.25) is 0 Å². The number of anilines is 1. The maximum absolute atomic E-state index is 12.7. The number of fused-ring (bicyclic) bond motifs is 1. The lowest BCUT2D eigenvalue weighted by molar-refractivity contribution is 0.102. The van der Waals surface area contributed by atoms with Crippen LogP contribution in [0.5, 0.6) is 5.75 Å². The SMILES string of the molecule is Cc1cc(Cl)cc(C(=O)c2c[nH]c(C(=O)Nc3ccc4c(c3)OCCNC4)c2)c1. The molecule has 0 saturated carbocycles. The number of rotatable bonds is 4. The first-order valence-electron chi connectivity index (χ1n) is 9.28. The molecule has 0 radical (unpaired) electrons. The Balaban J connectivity index is 1.50. The second kappa shape index (κ2) is 8.11. The van der Waals surface area contributed by atoms with Gasteiger partial charge in [0.05, 0.1) is 0 Å². The van der Waals surface area contributed by atoms with Crippen molar-refractivity contribution in [2.45, 2.75) is 13.5 Å². The zero-order valence-electron chi connectivity index (χ0n) is 15.8. The topological polar surface area (TPSA) is 83.2 Å². The second-order valence-electron chi connectivity index (χ2n) is 6.95. The van der Waals surface area contributed by atoms with Crippen LogP contribution in [0.4, 0.5) is 5.69 Å². The van der Waals surface area contributed by atoms with Crippen LogP contribution in [0.2, 0.25) is 5.02 Å². The average Bonchev–Trinajstić information content (AvgIpc) is 3.07. The zero-order valence-corrected chi connectivity index (χ0v) is 16.6. The van der Waals surface area contributed by atoms with Gasteiger partial charge in [-0.15, -0.1) is 0 Å². The summed E-state index contributed by atoms with van der Waals surface area (Å²) in [5, 5.41) is 6.60. The maximum atomic E-state index is 12.7. The number of ether oxygens (including phenoxy) is 1. The molecule has 7 heteroatoms. The molecule has 0 aliphatic carbocycles. The number of aromatic amines is 1. The van der Waals surface area contributed by atoms with Crippen molar-refractivity contribution in [3.8, 4) is 5.75 Å². The molecule has 148 valence electrons. The first kappa shape index (κ1) is 19.2. The fraction of sp³-hybridized carbons (Fsp3) is 0.182. The number of amides is 1. The van der Waals surface area contributed by atoms with Crippen LogP contribution >= 0.6 is 11.6 Å². The molecule has 2 aromatic carbocycles. The van der Waals surface area contributed by atoms with Gasteiger partial charge in [0.1, 0.15) is 18.1 Å². The summed E-state index contributed by atoms with van der Waals surface area (Å²) in [4.78, 5) is 28.2. The van der Waals surface area contributed by atoms with Crippen molar-refractivity contribution in [1.82, 2.24) is 10.3 Å². The highest BCUT2D eigenvalue weighted by Crippen LogP contribution is 2.25. The second-order valence-corrected chi connectivity index (χ2v) is 7.39. The highest BCUT2D eigenvalue weighted by atomic mass is 35.5. The van der Waals surface area contributed by atoms with Gasteiger partial charge in [0.25, 0.3) is 5.91 Å². The van der Waals surface area contributed by atoms with E-state index in [1.54, 1.807) is 18.2 Å². The van der Waals surface area contributed by atoms with Crippen molar-refractivity contribution in [2.75, 3.05) is 18.5 Å². The minimum Gasteiger partial charge on any atom is -0.492 e. The Morgan fingerprint density at radius 1 is 1.10 bits per heavy atom. The minimum atomic E-state index is -0.335. The van der Waals surface area contributed by atoms with E-state index in [-0.39, 0.29) is 11.7 Å². The van der Waals surface area contributed by atoms with E-state index in [1.165, 1.54) is 12.3 Å². The van der Waals surface area contributed by atoms with Crippen LogP contribution in [-0.4, -0.2) is 29.8 Å². The number of hydrogen-bond donors (Lipinski definition) is 3.